The second-order valence-corrected chi connectivity index (χ2v) is 8.63. The summed E-state index contributed by atoms with van der Waals surface area (Å²) >= 11 is 0. The first-order valence-corrected chi connectivity index (χ1v) is 9.34. The molecule has 1 aromatic rings. The number of carboxylic acid groups (broad SMARTS) is 1. The number of likely N-dealkylation sites (tertiary alicyclic amines) is 1. The van der Waals surface area contributed by atoms with Gasteiger partial charge in [-0.1, -0.05) is 18.2 Å². The van der Waals surface area contributed by atoms with Gasteiger partial charge in [-0.05, 0) is 25.0 Å². The highest BCUT2D eigenvalue weighted by Crippen LogP contribution is 2.40. The zero-order chi connectivity index (χ0) is 17.5. The fraction of sp³-hybridized carbons (Fsp3) is 0.500. The molecule has 1 aliphatic heterocycles. The van der Waals surface area contributed by atoms with Crippen LogP contribution in [-0.4, -0.2) is 59.9 Å². The van der Waals surface area contributed by atoms with E-state index in [2.05, 4.69) is 0 Å². The van der Waals surface area contributed by atoms with Crippen LogP contribution in [0, 0.1) is 11.8 Å². The lowest BCUT2D eigenvalue weighted by atomic mass is 9.93. The maximum absolute atomic E-state index is 12.7. The van der Waals surface area contributed by atoms with E-state index in [4.69, 9.17) is 0 Å². The Bertz CT molecular complexity index is 741. The van der Waals surface area contributed by atoms with Crippen molar-refractivity contribution in [3.63, 3.8) is 0 Å². The van der Waals surface area contributed by atoms with Gasteiger partial charge < -0.3 is 15.1 Å². The van der Waals surface area contributed by atoms with Gasteiger partial charge in [-0.2, -0.15) is 0 Å². The minimum absolute atomic E-state index is 0.000374. The van der Waals surface area contributed by atoms with Gasteiger partial charge in [-0.3, -0.25) is 9.59 Å². The highest BCUT2D eigenvalue weighted by molar-refractivity contribution is 7.92. The van der Waals surface area contributed by atoms with E-state index in [1.807, 2.05) is 0 Å². The van der Waals surface area contributed by atoms with Crippen molar-refractivity contribution in [2.45, 2.75) is 29.1 Å². The predicted molar refractivity (Wildman–Crippen MR) is 83.9 cm³/mol. The molecule has 1 amide bonds. The summed E-state index contributed by atoms with van der Waals surface area (Å²) in [6.07, 6.45) is -0.651. The number of aliphatic carboxylic acids is 1. The highest BCUT2D eigenvalue weighted by atomic mass is 32.2. The first-order valence-electron chi connectivity index (χ1n) is 7.79. The van der Waals surface area contributed by atoms with Crippen molar-refractivity contribution in [3.05, 3.63) is 30.3 Å². The molecule has 2 N–H and O–H groups in total. The van der Waals surface area contributed by atoms with Crippen molar-refractivity contribution in [3.8, 4) is 0 Å². The predicted octanol–water partition coefficient (Wildman–Crippen LogP) is 0.143. The van der Waals surface area contributed by atoms with Crippen LogP contribution in [0.3, 0.4) is 0 Å². The fourth-order valence-corrected chi connectivity index (χ4v) is 5.31. The van der Waals surface area contributed by atoms with E-state index in [-0.39, 0.29) is 36.7 Å². The van der Waals surface area contributed by atoms with Crippen molar-refractivity contribution in [1.29, 1.82) is 0 Å². The zero-order valence-corrected chi connectivity index (χ0v) is 13.7. The van der Waals surface area contributed by atoms with Gasteiger partial charge in [0.15, 0.2) is 9.84 Å². The van der Waals surface area contributed by atoms with Gasteiger partial charge in [0.25, 0.3) is 0 Å². The number of sulfone groups is 1. The van der Waals surface area contributed by atoms with Crippen molar-refractivity contribution >= 4 is 21.7 Å². The topological polar surface area (TPSA) is 112 Å². The zero-order valence-electron chi connectivity index (χ0n) is 12.9. The van der Waals surface area contributed by atoms with Gasteiger partial charge in [0.1, 0.15) is 0 Å². The summed E-state index contributed by atoms with van der Waals surface area (Å²) < 4.78 is 25.4. The molecule has 24 heavy (non-hydrogen) atoms. The normalized spacial score (nSPS) is 27.7. The molecule has 2 aliphatic rings. The molecule has 1 aromatic carbocycles. The standard InChI is InChI=1S/C16H19NO6S/c18-10-8-17(9-10)15(19)13-6-12(7-14(13)16(20)21)24(22,23)11-4-2-1-3-5-11/h1-5,10,12-14,18H,6-9H2,(H,20,21)/t12-,13-,14-/m1/s1. The molecule has 7 nitrogen and oxygen atoms in total. The number of amides is 1. The smallest absolute Gasteiger partial charge is 0.307 e. The fourth-order valence-electron chi connectivity index (χ4n) is 3.46. The molecule has 130 valence electrons. The number of aliphatic hydroxyl groups is 1. The number of carbonyl (C=O) groups excluding carboxylic acids is 1. The Kier molecular flexibility index (Phi) is 4.35. The average Bonchev–Trinajstić information content (AvgIpc) is 2.98. The Morgan fingerprint density at radius 1 is 1.04 bits per heavy atom. The van der Waals surface area contributed by atoms with Crippen molar-refractivity contribution in [2.75, 3.05) is 13.1 Å². The van der Waals surface area contributed by atoms with Gasteiger partial charge in [0.05, 0.1) is 28.1 Å². The number of aliphatic hydroxyl groups excluding tert-OH is 1. The van der Waals surface area contributed by atoms with Crippen molar-refractivity contribution in [2.24, 2.45) is 11.8 Å². The number of hydrogen-bond donors (Lipinski definition) is 2. The molecule has 0 radical (unpaired) electrons. The molecule has 1 saturated carbocycles. The Morgan fingerprint density at radius 2 is 1.62 bits per heavy atom. The lowest BCUT2D eigenvalue weighted by Crippen LogP contribution is -2.55. The average molecular weight is 353 g/mol. The van der Waals surface area contributed by atoms with Crippen LogP contribution in [0.25, 0.3) is 0 Å². The van der Waals surface area contributed by atoms with Gasteiger partial charge >= 0.3 is 5.97 Å². The Hall–Kier alpha value is -1.93. The first kappa shape index (κ1) is 16.9. The molecule has 0 spiro atoms. The van der Waals surface area contributed by atoms with E-state index in [0.717, 1.165) is 0 Å². The van der Waals surface area contributed by atoms with Gasteiger partial charge in [-0.15, -0.1) is 0 Å². The third-order valence-electron chi connectivity index (χ3n) is 4.84. The third kappa shape index (κ3) is 2.91. The van der Waals surface area contributed by atoms with Gasteiger partial charge in [-0.25, -0.2) is 8.42 Å². The summed E-state index contributed by atoms with van der Waals surface area (Å²) in [6.45, 7) is 0.357. The lowest BCUT2D eigenvalue weighted by molar-refractivity contribution is -0.154. The molecule has 2 fully saturated rings. The van der Waals surface area contributed by atoms with Crippen molar-refractivity contribution in [1.82, 2.24) is 4.90 Å². The number of carboxylic acids is 1. The number of β-amino-alcohol motifs (C(OH)–C–C–N with tert-alkyl or cyclic N) is 1. The minimum atomic E-state index is -3.68. The molecular weight excluding hydrogens is 334 g/mol. The summed E-state index contributed by atoms with van der Waals surface area (Å²) in [4.78, 5) is 25.5. The van der Waals surface area contributed by atoms with Crippen LogP contribution in [0.1, 0.15) is 12.8 Å². The van der Waals surface area contributed by atoms with Gasteiger partial charge in [0.2, 0.25) is 5.91 Å². The second-order valence-electron chi connectivity index (χ2n) is 6.40. The molecule has 8 heteroatoms. The largest absolute Gasteiger partial charge is 0.481 e. The second kappa shape index (κ2) is 6.18. The van der Waals surface area contributed by atoms with E-state index in [9.17, 15) is 28.2 Å². The number of rotatable bonds is 4. The third-order valence-corrected chi connectivity index (χ3v) is 7.03. The quantitative estimate of drug-likeness (QED) is 0.796. The molecule has 0 bridgehead atoms. The molecular formula is C16H19NO6S. The molecule has 0 unspecified atom stereocenters. The first-order chi connectivity index (χ1) is 11.3. The van der Waals surface area contributed by atoms with E-state index in [0.29, 0.717) is 0 Å². The van der Waals surface area contributed by atoms with Crippen LogP contribution in [0.2, 0.25) is 0 Å². The number of hydrogen-bond acceptors (Lipinski definition) is 5. The van der Waals surface area contributed by atoms with Crippen LogP contribution in [0.4, 0.5) is 0 Å². The summed E-state index contributed by atoms with van der Waals surface area (Å²) in [5.74, 6) is -3.41. The monoisotopic (exact) mass is 353 g/mol. The molecule has 0 aromatic heterocycles. The highest BCUT2D eigenvalue weighted by Gasteiger charge is 2.49. The summed E-state index contributed by atoms with van der Waals surface area (Å²) in [5.41, 5.74) is 0. The van der Waals surface area contributed by atoms with Gasteiger partial charge in [0, 0.05) is 13.1 Å². The lowest BCUT2D eigenvalue weighted by Gasteiger charge is -2.38. The van der Waals surface area contributed by atoms with Crippen LogP contribution in [0.5, 0.6) is 0 Å². The summed E-state index contributed by atoms with van der Waals surface area (Å²) in [5, 5.41) is 17.8. The molecule has 1 heterocycles. The Morgan fingerprint density at radius 3 is 2.17 bits per heavy atom. The molecule has 1 saturated heterocycles. The SMILES string of the molecule is O=C(O)[C@@H]1C[C@H](S(=O)(=O)c2ccccc2)C[C@H]1C(=O)N1CC(O)C1. The van der Waals surface area contributed by atoms with Crippen LogP contribution in [0.15, 0.2) is 35.2 Å². The van der Waals surface area contributed by atoms with E-state index in [1.165, 1.54) is 17.0 Å². The minimum Gasteiger partial charge on any atom is -0.481 e. The number of nitrogens with zero attached hydrogens (tertiary/aromatic N) is 1. The summed E-state index contributed by atoms with van der Waals surface area (Å²) in [6, 6.07) is 7.88. The maximum atomic E-state index is 12.7. The Balaban J connectivity index is 1.83. The van der Waals surface area contributed by atoms with Crippen LogP contribution < -0.4 is 0 Å². The van der Waals surface area contributed by atoms with E-state index in [1.54, 1.807) is 18.2 Å². The molecule has 1 aliphatic carbocycles. The van der Waals surface area contributed by atoms with E-state index < -0.39 is 39.0 Å². The van der Waals surface area contributed by atoms with E-state index >= 15 is 0 Å². The number of benzene rings is 1. The maximum Gasteiger partial charge on any atom is 0.307 e. The molecule has 3 rings (SSSR count). The van der Waals surface area contributed by atoms with Crippen molar-refractivity contribution < 1.29 is 28.2 Å². The number of carbonyl (C=O) groups is 2. The van der Waals surface area contributed by atoms with Crippen LogP contribution >= 0.6 is 0 Å². The van der Waals surface area contributed by atoms with Crippen LogP contribution in [-0.2, 0) is 19.4 Å². The summed E-state index contributed by atoms with van der Waals surface area (Å²) in [7, 11) is -3.68. The molecule has 3 atom stereocenters. The Labute approximate surface area is 139 Å².